The summed E-state index contributed by atoms with van der Waals surface area (Å²) >= 11 is 6.21. The molecule has 6 heteroatoms. The minimum absolute atomic E-state index is 0.179. The first kappa shape index (κ1) is 15.7. The van der Waals surface area contributed by atoms with E-state index in [1.807, 2.05) is 48.5 Å². The number of halogens is 1. The second kappa shape index (κ2) is 6.34. The molecule has 0 aliphatic carbocycles. The van der Waals surface area contributed by atoms with Gasteiger partial charge in [-0.05, 0) is 37.1 Å². The molecule has 130 valence electrons. The number of aromatic nitrogens is 4. The van der Waals surface area contributed by atoms with Gasteiger partial charge in [-0.2, -0.15) is 0 Å². The molecule has 5 nitrogen and oxygen atoms in total. The second-order valence-electron chi connectivity index (χ2n) is 6.55. The number of rotatable bonds is 3. The van der Waals surface area contributed by atoms with Crippen LogP contribution in [0.4, 0.5) is 0 Å². The van der Waals surface area contributed by atoms with Crippen molar-refractivity contribution in [3.63, 3.8) is 0 Å². The number of hydrogen-bond acceptors (Lipinski definition) is 4. The maximum atomic E-state index is 6.21. The number of imidazole rings is 1. The van der Waals surface area contributed by atoms with Crippen molar-refractivity contribution in [2.45, 2.75) is 25.5 Å². The van der Waals surface area contributed by atoms with Crippen molar-refractivity contribution in [1.82, 2.24) is 19.5 Å². The van der Waals surface area contributed by atoms with Crippen LogP contribution in [0.2, 0.25) is 5.02 Å². The number of para-hydroxylation sites is 2. The van der Waals surface area contributed by atoms with Gasteiger partial charge in [-0.1, -0.05) is 35.9 Å². The Labute approximate surface area is 155 Å². The highest BCUT2D eigenvalue weighted by molar-refractivity contribution is 6.30. The topological polar surface area (TPSA) is 52.8 Å². The van der Waals surface area contributed by atoms with E-state index in [-0.39, 0.29) is 6.10 Å². The maximum absolute atomic E-state index is 6.21. The summed E-state index contributed by atoms with van der Waals surface area (Å²) in [6, 6.07) is 15.6. The van der Waals surface area contributed by atoms with Gasteiger partial charge in [0.05, 0.1) is 23.7 Å². The molecule has 0 spiro atoms. The van der Waals surface area contributed by atoms with Crippen LogP contribution < -0.4 is 0 Å². The number of nitrogens with zero attached hydrogens (tertiary/aromatic N) is 4. The van der Waals surface area contributed by atoms with Crippen LogP contribution >= 0.6 is 11.6 Å². The van der Waals surface area contributed by atoms with E-state index >= 15 is 0 Å². The van der Waals surface area contributed by atoms with E-state index in [4.69, 9.17) is 31.3 Å². The Bertz CT molecular complexity index is 1100. The van der Waals surface area contributed by atoms with Crippen molar-refractivity contribution >= 4 is 33.9 Å². The zero-order chi connectivity index (χ0) is 17.5. The Hall–Kier alpha value is -2.50. The molecule has 1 fully saturated rings. The molecule has 2 aromatic heterocycles. The van der Waals surface area contributed by atoms with Crippen LogP contribution in [0.15, 0.2) is 48.5 Å². The Morgan fingerprint density at radius 1 is 1.04 bits per heavy atom. The normalized spacial score (nSPS) is 17.3. The first-order valence-electron chi connectivity index (χ1n) is 8.78. The molecular formula is C20H17ClN4O. The lowest BCUT2D eigenvalue weighted by Crippen LogP contribution is -2.16. The predicted molar refractivity (Wildman–Crippen MR) is 102 cm³/mol. The third-order valence-electron chi connectivity index (χ3n) is 4.75. The number of ether oxygens (including phenoxy) is 1. The average Bonchev–Trinajstić information content (AvgIpc) is 3.28. The van der Waals surface area contributed by atoms with E-state index in [0.29, 0.717) is 17.2 Å². The SMILES string of the molecule is Clc1cccc(-c2nc3nc4ccccc4nc3n2CC2CCCO2)c1. The zero-order valence-electron chi connectivity index (χ0n) is 14.1. The zero-order valence-corrected chi connectivity index (χ0v) is 14.9. The van der Waals surface area contributed by atoms with Crippen LogP contribution in [0.5, 0.6) is 0 Å². The molecule has 4 aromatic rings. The quantitative estimate of drug-likeness (QED) is 0.538. The number of benzene rings is 2. The van der Waals surface area contributed by atoms with Gasteiger partial charge in [0, 0.05) is 17.2 Å². The Morgan fingerprint density at radius 3 is 2.65 bits per heavy atom. The lowest BCUT2D eigenvalue weighted by molar-refractivity contribution is 0.0981. The highest BCUT2D eigenvalue weighted by atomic mass is 35.5. The van der Waals surface area contributed by atoms with Crippen LogP contribution in [0.3, 0.4) is 0 Å². The second-order valence-corrected chi connectivity index (χ2v) is 6.99. The van der Waals surface area contributed by atoms with Crippen molar-refractivity contribution in [1.29, 1.82) is 0 Å². The van der Waals surface area contributed by atoms with Gasteiger partial charge in [0.25, 0.3) is 0 Å². The molecule has 0 amide bonds. The Balaban J connectivity index is 1.74. The van der Waals surface area contributed by atoms with Gasteiger partial charge >= 0.3 is 0 Å². The van der Waals surface area contributed by atoms with Gasteiger partial charge in [-0.15, -0.1) is 0 Å². The first-order chi connectivity index (χ1) is 12.8. The van der Waals surface area contributed by atoms with Crippen LogP contribution in [-0.4, -0.2) is 32.2 Å². The van der Waals surface area contributed by atoms with Gasteiger partial charge in [0.1, 0.15) is 5.82 Å². The van der Waals surface area contributed by atoms with E-state index in [2.05, 4.69) is 4.57 Å². The molecule has 1 unspecified atom stereocenters. The van der Waals surface area contributed by atoms with Crippen LogP contribution in [0.25, 0.3) is 33.7 Å². The molecule has 5 rings (SSSR count). The average molecular weight is 365 g/mol. The summed E-state index contributed by atoms with van der Waals surface area (Å²) in [6.45, 7) is 1.53. The molecule has 26 heavy (non-hydrogen) atoms. The molecule has 1 aliphatic rings. The minimum atomic E-state index is 0.179. The van der Waals surface area contributed by atoms with Gasteiger partial charge in [0.15, 0.2) is 11.3 Å². The third-order valence-corrected chi connectivity index (χ3v) is 4.99. The van der Waals surface area contributed by atoms with Crippen LogP contribution in [0.1, 0.15) is 12.8 Å². The lowest BCUT2D eigenvalue weighted by atomic mass is 10.2. The van der Waals surface area contributed by atoms with Crippen LogP contribution in [-0.2, 0) is 11.3 Å². The molecule has 0 bridgehead atoms. The number of hydrogen-bond donors (Lipinski definition) is 0. The Morgan fingerprint density at radius 2 is 1.88 bits per heavy atom. The van der Waals surface area contributed by atoms with E-state index in [1.165, 1.54) is 0 Å². The van der Waals surface area contributed by atoms with E-state index in [1.54, 1.807) is 0 Å². The fraction of sp³-hybridized carbons (Fsp3) is 0.250. The number of fused-ring (bicyclic) bond motifs is 2. The van der Waals surface area contributed by atoms with Gasteiger partial charge in [0.2, 0.25) is 0 Å². The molecule has 0 saturated carbocycles. The van der Waals surface area contributed by atoms with Crippen molar-refractivity contribution in [3.05, 3.63) is 53.6 Å². The van der Waals surface area contributed by atoms with Gasteiger partial charge < -0.3 is 9.30 Å². The molecule has 0 N–H and O–H groups in total. The summed E-state index contributed by atoms with van der Waals surface area (Å²) in [6.07, 6.45) is 2.33. The minimum Gasteiger partial charge on any atom is -0.376 e. The smallest absolute Gasteiger partial charge is 0.198 e. The first-order valence-corrected chi connectivity index (χ1v) is 9.16. The largest absolute Gasteiger partial charge is 0.376 e. The van der Waals surface area contributed by atoms with Crippen LogP contribution in [0, 0.1) is 0 Å². The highest BCUT2D eigenvalue weighted by Gasteiger charge is 2.22. The summed E-state index contributed by atoms with van der Waals surface area (Å²) in [5.74, 6) is 0.827. The van der Waals surface area contributed by atoms with Gasteiger partial charge in [-0.3, -0.25) is 0 Å². The molecule has 0 radical (unpaired) electrons. The van der Waals surface area contributed by atoms with Crippen molar-refractivity contribution < 1.29 is 4.74 Å². The maximum Gasteiger partial charge on any atom is 0.198 e. The Kier molecular flexibility index (Phi) is 3.84. The summed E-state index contributed by atoms with van der Waals surface area (Å²) in [7, 11) is 0. The molecular weight excluding hydrogens is 348 g/mol. The third kappa shape index (κ3) is 2.73. The van der Waals surface area contributed by atoms with Gasteiger partial charge in [-0.25, -0.2) is 15.0 Å². The predicted octanol–water partition coefficient (Wildman–Crippen LogP) is 4.48. The van der Waals surface area contributed by atoms with E-state index < -0.39 is 0 Å². The molecule has 3 heterocycles. The highest BCUT2D eigenvalue weighted by Crippen LogP contribution is 2.28. The van der Waals surface area contributed by atoms with Crippen molar-refractivity contribution in [2.75, 3.05) is 6.61 Å². The monoisotopic (exact) mass is 364 g/mol. The van der Waals surface area contributed by atoms with E-state index in [0.717, 1.165) is 47.5 Å². The van der Waals surface area contributed by atoms with Crippen molar-refractivity contribution in [3.8, 4) is 11.4 Å². The van der Waals surface area contributed by atoms with E-state index in [9.17, 15) is 0 Å². The molecule has 1 saturated heterocycles. The summed E-state index contributed by atoms with van der Waals surface area (Å²) in [5, 5.41) is 0.685. The molecule has 2 aromatic carbocycles. The molecule has 1 atom stereocenters. The lowest BCUT2D eigenvalue weighted by Gasteiger charge is -2.14. The standard InChI is InChI=1S/C20H17ClN4O/c21-14-6-3-5-13(11-14)19-24-18-20(25(19)12-15-7-4-10-26-15)23-17-9-2-1-8-16(17)22-18/h1-3,5-6,8-9,11,15H,4,7,10,12H2. The summed E-state index contributed by atoms with van der Waals surface area (Å²) < 4.78 is 7.98. The summed E-state index contributed by atoms with van der Waals surface area (Å²) in [5.41, 5.74) is 4.11. The summed E-state index contributed by atoms with van der Waals surface area (Å²) in [4.78, 5) is 14.3. The molecule has 1 aliphatic heterocycles. The van der Waals surface area contributed by atoms with Crippen molar-refractivity contribution in [2.24, 2.45) is 0 Å². The fourth-order valence-electron chi connectivity index (χ4n) is 3.51. The fourth-order valence-corrected chi connectivity index (χ4v) is 3.70.